The van der Waals surface area contributed by atoms with E-state index in [0.29, 0.717) is 11.3 Å². The number of aliphatic hydroxyl groups is 3. The molecular weight excluding hydrogens is 496 g/mol. The molecule has 2 amide bonds. The number of rotatable bonds is 3. The van der Waals surface area contributed by atoms with E-state index in [1.165, 1.54) is 6.07 Å². The molecule has 7 N–H and O–H groups in total. The largest absolute Gasteiger partial charge is 0.507 e. The van der Waals surface area contributed by atoms with Crippen LogP contribution in [0.25, 0.3) is 5.76 Å². The maximum Gasteiger partial charge on any atom is 0.411 e. The summed E-state index contributed by atoms with van der Waals surface area (Å²) in [6.07, 6.45) is -4.48. The van der Waals surface area contributed by atoms with E-state index in [9.17, 15) is 39.6 Å². The molecule has 0 radical (unpaired) electrons. The second kappa shape index (κ2) is 8.96. The summed E-state index contributed by atoms with van der Waals surface area (Å²) >= 11 is 0. The minimum Gasteiger partial charge on any atom is -0.507 e. The number of nitrogens with one attached hydrogen (secondary N) is 1. The van der Waals surface area contributed by atoms with Gasteiger partial charge < -0.3 is 30.9 Å². The van der Waals surface area contributed by atoms with Gasteiger partial charge in [-0.15, -0.1) is 0 Å². The van der Waals surface area contributed by atoms with Crippen molar-refractivity contribution in [3.8, 4) is 5.75 Å². The summed E-state index contributed by atoms with van der Waals surface area (Å²) in [6.45, 7) is 1.69. The van der Waals surface area contributed by atoms with Gasteiger partial charge in [-0.3, -0.25) is 19.7 Å². The number of nitrogens with two attached hydrogens (primary N) is 1. The van der Waals surface area contributed by atoms with E-state index in [0.717, 1.165) is 0 Å². The van der Waals surface area contributed by atoms with Crippen molar-refractivity contribution in [2.24, 2.45) is 23.5 Å². The molecule has 0 bridgehead atoms. The van der Waals surface area contributed by atoms with Crippen LogP contribution < -0.4 is 11.1 Å². The van der Waals surface area contributed by atoms with E-state index in [-0.39, 0.29) is 11.3 Å². The van der Waals surface area contributed by atoms with Gasteiger partial charge in [-0.25, -0.2) is 4.79 Å². The molecule has 7 atom stereocenters. The first-order chi connectivity index (χ1) is 18.0. The molecule has 2 aromatic carbocycles. The molecule has 0 heterocycles. The fourth-order valence-electron chi connectivity index (χ4n) is 6.17. The number of aliphatic hydroxyl groups excluding tert-OH is 2. The van der Waals surface area contributed by atoms with Gasteiger partial charge in [0.2, 0.25) is 11.7 Å². The molecule has 2 saturated carbocycles. The van der Waals surface area contributed by atoms with Crippen LogP contribution in [0.15, 0.2) is 54.1 Å². The molecule has 198 valence electrons. The molecule has 3 aliphatic rings. The summed E-state index contributed by atoms with van der Waals surface area (Å²) in [5.74, 6) is -9.84. The van der Waals surface area contributed by atoms with Gasteiger partial charge in [0.25, 0.3) is 0 Å². The van der Waals surface area contributed by atoms with Crippen LogP contribution in [0.4, 0.5) is 10.5 Å². The summed E-state index contributed by atoms with van der Waals surface area (Å²) < 4.78 is 5.75. The van der Waals surface area contributed by atoms with E-state index in [4.69, 9.17) is 10.5 Å². The molecule has 0 aromatic heterocycles. The zero-order valence-corrected chi connectivity index (χ0v) is 20.2. The second-order valence-electron chi connectivity index (χ2n) is 9.93. The number of hydrogen-bond acceptors (Lipinski definition) is 9. The fraction of sp³-hybridized carbons (Fsp3) is 0.333. The summed E-state index contributed by atoms with van der Waals surface area (Å²) in [4.78, 5) is 52.2. The minimum absolute atomic E-state index is 0.0520. The SMILES string of the molecule is C[C@H]1c2cccc(O)c2C(O)=C2C(=O)[C@]3(O)C(=O)C(C(N)=O)C(O)C[C@@H]3[C@@H](OC(=O)Nc3ccccc3)[C@@H]21. The lowest BCUT2D eigenvalue weighted by Crippen LogP contribution is -2.71. The summed E-state index contributed by atoms with van der Waals surface area (Å²) in [6, 6.07) is 12.8. The number of phenolic OH excluding ortho intramolecular Hbond substituents is 1. The van der Waals surface area contributed by atoms with Gasteiger partial charge in [0.05, 0.1) is 11.7 Å². The van der Waals surface area contributed by atoms with E-state index in [1.54, 1.807) is 49.4 Å². The number of Topliss-reactive ketones (excluding diaryl/α,β-unsaturated/α-hetero) is 2. The zero-order chi connectivity index (χ0) is 27.5. The highest BCUT2D eigenvalue weighted by Gasteiger charge is 2.68. The average Bonchev–Trinajstić information content (AvgIpc) is 2.86. The number of para-hydroxylation sites is 1. The average molecular weight is 523 g/mol. The second-order valence-corrected chi connectivity index (χ2v) is 9.93. The molecule has 5 rings (SSSR count). The van der Waals surface area contributed by atoms with Crippen LogP contribution in [0.1, 0.15) is 30.4 Å². The van der Waals surface area contributed by atoms with E-state index >= 15 is 0 Å². The third-order valence-electron chi connectivity index (χ3n) is 7.92. The number of ketones is 2. The van der Waals surface area contributed by atoms with Crippen molar-refractivity contribution in [2.75, 3.05) is 5.32 Å². The van der Waals surface area contributed by atoms with Gasteiger partial charge in [-0.2, -0.15) is 0 Å². The van der Waals surface area contributed by atoms with Crippen LogP contribution in [-0.2, 0) is 19.1 Å². The Kier molecular flexibility index (Phi) is 6.00. The number of fused-ring (bicyclic) bond motifs is 3. The maximum atomic E-state index is 13.8. The number of hydrogen-bond donors (Lipinski definition) is 6. The van der Waals surface area contributed by atoms with Crippen molar-refractivity contribution in [3.63, 3.8) is 0 Å². The number of benzene rings is 2. The molecular formula is C27H26N2O9. The van der Waals surface area contributed by atoms with Crippen molar-refractivity contribution in [3.05, 3.63) is 65.2 Å². The number of carbonyl (C=O) groups is 4. The number of anilines is 1. The van der Waals surface area contributed by atoms with Gasteiger partial charge in [0.15, 0.2) is 11.4 Å². The minimum atomic E-state index is -2.93. The number of primary amides is 1. The molecule has 38 heavy (non-hydrogen) atoms. The zero-order valence-electron chi connectivity index (χ0n) is 20.2. The Balaban J connectivity index is 1.67. The quantitative estimate of drug-likeness (QED) is 0.323. The van der Waals surface area contributed by atoms with Crippen molar-refractivity contribution < 1.29 is 44.3 Å². The summed E-state index contributed by atoms with van der Waals surface area (Å²) in [5.41, 5.74) is 2.74. The topological polar surface area (TPSA) is 196 Å². The van der Waals surface area contributed by atoms with Gasteiger partial charge >= 0.3 is 6.09 Å². The van der Waals surface area contributed by atoms with Crippen molar-refractivity contribution in [2.45, 2.75) is 37.1 Å². The first-order valence-corrected chi connectivity index (χ1v) is 12.0. The Morgan fingerprint density at radius 3 is 2.42 bits per heavy atom. The molecule has 0 saturated heterocycles. The van der Waals surface area contributed by atoms with Gasteiger partial charge in [-0.05, 0) is 36.1 Å². The van der Waals surface area contributed by atoms with Crippen molar-refractivity contribution >= 4 is 35.0 Å². The van der Waals surface area contributed by atoms with Gasteiger partial charge in [0.1, 0.15) is 23.5 Å². The molecule has 2 unspecified atom stereocenters. The highest BCUT2D eigenvalue weighted by Crippen LogP contribution is 2.56. The van der Waals surface area contributed by atoms with Crippen LogP contribution in [0.2, 0.25) is 0 Å². The highest BCUT2D eigenvalue weighted by atomic mass is 16.6. The van der Waals surface area contributed by atoms with E-state index < -0.39 is 82.8 Å². The molecule has 11 nitrogen and oxygen atoms in total. The maximum absolute atomic E-state index is 13.8. The van der Waals surface area contributed by atoms with Gasteiger partial charge in [-0.1, -0.05) is 37.3 Å². The Labute approximate surface area is 216 Å². The lowest BCUT2D eigenvalue weighted by atomic mass is 9.53. The van der Waals surface area contributed by atoms with Crippen LogP contribution in [0.5, 0.6) is 5.75 Å². The molecule has 0 aliphatic heterocycles. The normalized spacial score (nSPS) is 32.1. The summed E-state index contributed by atoms with van der Waals surface area (Å²) in [5, 5.41) is 46.5. The number of carbonyl (C=O) groups excluding carboxylic acids is 4. The Bertz CT molecular complexity index is 1390. The smallest absolute Gasteiger partial charge is 0.411 e. The third-order valence-corrected chi connectivity index (χ3v) is 7.92. The lowest BCUT2D eigenvalue weighted by Gasteiger charge is -2.53. The Morgan fingerprint density at radius 2 is 1.76 bits per heavy atom. The highest BCUT2D eigenvalue weighted by molar-refractivity contribution is 6.25. The van der Waals surface area contributed by atoms with Crippen molar-refractivity contribution in [1.29, 1.82) is 0 Å². The van der Waals surface area contributed by atoms with Crippen LogP contribution >= 0.6 is 0 Å². The summed E-state index contributed by atoms with van der Waals surface area (Å²) in [7, 11) is 0. The van der Waals surface area contributed by atoms with Crippen LogP contribution in [-0.4, -0.2) is 61.8 Å². The number of amides is 2. The monoisotopic (exact) mass is 522 g/mol. The predicted molar refractivity (Wildman–Crippen MR) is 132 cm³/mol. The molecule has 11 heteroatoms. The number of ether oxygens (including phenoxy) is 1. The predicted octanol–water partition coefficient (Wildman–Crippen LogP) is 1.38. The van der Waals surface area contributed by atoms with Crippen LogP contribution in [0.3, 0.4) is 0 Å². The molecule has 2 aromatic rings. The Hall–Kier alpha value is -4.22. The first kappa shape index (κ1) is 25.4. The van der Waals surface area contributed by atoms with E-state index in [1.807, 2.05) is 0 Å². The number of aromatic hydroxyl groups is 1. The van der Waals surface area contributed by atoms with Gasteiger partial charge in [0, 0.05) is 23.1 Å². The number of phenols is 1. The molecule has 0 spiro atoms. The van der Waals surface area contributed by atoms with Crippen LogP contribution in [0, 0.1) is 17.8 Å². The standard InChI is InChI=1S/C27H26N2O9/c1-11-13-8-5-9-15(30)18(13)21(32)20-17(11)22(38-26(36)29-12-6-3-2-4-7-12)14-10-16(31)19(25(28)35)23(33)27(14,37)24(20)34/h2-9,11,14,16-17,19,22,30-32,37H,10H2,1H3,(H2,28,35)(H,29,36)/t11-,14+,16?,17+,19?,22+,27+/m0/s1. The third kappa shape index (κ3) is 3.57. The molecule has 3 aliphatic carbocycles. The lowest BCUT2D eigenvalue weighted by molar-refractivity contribution is -0.186. The Morgan fingerprint density at radius 1 is 1.08 bits per heavy atom. The van der Waals surface area contributed by atoms with E-state index in [2.05, 4.69) is 5.32 Å². The molecule has 2 fully saturated rings. The fourth-order valence-corrected chi connectivity index (χ4v) is 6.17. The first-order valence-electron chi connectivity index (χ1n) is 12.0. The van der Waals surface area contributed by atoms with Crippen molar-refractivity contribution in [1.82, 2.24) is 0 Å².